The molecule has 4 N–H and O–H groups in total. The lowest BCUT2D eigenvalue weighted by Gasteiger charge is -2.09. The monoisotopic (exact) mass is 438 g/mol. The third-order valence-electron chi connectivity index (χ3n) is 3.70. The molecule has 3 aromatic rings. The van der Waals surface area contributed by atoms with Gasteiger partial charge in [0, 0.05) is 17.8 Å². The first kappa shape index (κ1) is 22.3. The summed E-state index contributed by atoms with van der Waals surface area (Å²) in [5, 5.41) is 23.4. The van der Waals surface area contributed by atoms with Crippen molar-refractivity contribution >= 4 is 27.4 Å². The van der Waals surface area contributed by atoms with Gasteiger partial charge in [-0.05, 0) is 12.1 Å². The van der Waals surface area contributed by atoms with Crippen molar-refractivity contribution in [3.63, 3.8) is 0 Å². The normalized spacial score (nSPS) is 10.7. The van der Waals surface area contributed by atoms with E-state index in [1.807, 2.05) is 0 Å². The molecule has 1 heterocycles. The van der Waals surface area contributed by atoms with Gasteiger partial charge in [-0.1, -0.05) is 23.4 Å². The number of methoxy groups -OCH3 is 1. The average molecular weight is 438 g/mol. The molecule has 0 fully saturated rings. The van der Waals surface area contributed by atoms with Gasteiger partial charge in [0.2, 0.25) is 5.75 Å². The Morgan fingerprint density at radius 3 is 2.53 bits per heavy atom. The van der Waals surface area contributed by atoms with E-state index in [9.17, 15) is 27.9 Å². The number of nitro benzene ring substituents is 1. The predicted octanol–water partition coefficient (Wildman–Crippen LogP) is 0.320. The number of ether oxygens (including phenoxy) is 1. The Hall–Kier alpha value is -3.95. The Kier molecular flexibility index (Phi) is 6.40. The van der Waals surface area contributed by atoms with Crippen LogP contribution in [0.25, 0.3) is 5.69 Å². The Bertz CT molecular complexity index is 1200. The number of hydrogen-bond donors (Lipinski definition) is 3. The van der Waals surface area contributed by atoms with E-state index in [-0.39, 0.29) is 22.7 Å². The Labute approximate surface area is 168 Å². The van der Waals surface area contributed by atoms with E-state index in [1.54, 1.807) is 30.3 Å². The number of amides is 1. The molecule has 14 nitrogen and oxygen atoms in total. The minimum atomic E-state index is -4.81. The number of anilines is 1. The van der Waals surface area contributed by atoms with Gasteiger partial charge in [-0.25, -0.2) is 0 Å². The quantitative estimate of drug-likeness (QED) is 0.207. The fraction of sp³-hybridized carbons (Fsp3) is 0.0667. The second-order valence-corrected chi connectivity index (χ2v) is 6.93. The highest BCUT2D eigenvalue weighted by molar-refractivity contribution is 7.85. The standard InChI is InChI=1S/C15H12N6O7S.H2O/c1-28-13-11(7-10(29(25,26)27)8-12(13)21(23)24)20-14(17-18-19-20)15(22)16-9-5-3-2-4-6-9;/h2-8H,1H3,(H2,16,22,25,26,27);1H2. The summed E-state index contributed by atoms with van der Waals surface area (Å²) in [6, 6.07) is 9.87. The van der Waals surface area contributed by atoms with Gasteiger partial charge < -0.3 is 15.5 Å². The highest BCUT2D eigenvalue weighted by Gasteiger charge is 2.33. The molecule has 0 aliphatic rings. The molecule has 15 heteroatoms. The van der Waals surface area contributed by atoms with Crippen LogP contribution in [0.1, 0.15) is 10.6 Å². The highest BCUT2D eigenvalue weighted by Crippen LogP contribution is 2.34. The minimum absolute atomic E-state index is 0. The Morgan fingerprint density at radius 1 is 1.30 bits per heavy atom. The van der Waals surface area contributed by atoms with Crippen molar-refractivity contribution in [1.82, 2.24) is 15.5 Å². The molecule has 0 radical (unpaired) electrons. The van der Waals surface area contributed by atoms with Crippen LogP contribution in [0.2, 0.25) is 0 Å². The summed E-state index contributed by atoms with van der Waals surface area (Å²) in [6.45, 7) is 0. The van der Waals surface area contributed by atoms with Gasteiger partial charge in [0.15, 0.2) is 10.9 Å². The summed E-state index contributed by atoms with van der Waals surface area (Å²) in [6.07, 6.45) is 0. The van der Waals surface area contributed by atoms with Gasteiger partial charge >= 0.3 is 17.4 Å². The van der Waals surface area contributed by atoms with Crippen LogP contribution in [0.15, 0.2) is 47.4 Å². The summed E-state index contributed by atoms with van der Waals surface area (Å²) < 4.78 is 38.4. The van der Waals surface area contributed by atoms with Crippen LogP contribution < -0.4 is 14.7 Å². The molecule has 0 saturated carbocycles. The molecule has 1 amide bonds. The van der Waals surface area contributed by atoms with Crippen molar-refractivity contribution in [3.05, 3.63) is 58.4 Å². The van der Waals surface area contributed by atoms with Crippen LogP contribution in [-0.4, -0.2) is 51.9 Å². The highest BCUT2D eigenvalue weighted by atomic mass is 32.2. The fourth-order valence-electron chi connectivity index (χ4n) is 2.46. The molecule has 0 aliphatic heterocycles. The van der Waals surface area contributed by atoms with Gasteiger partial charge in [-0.2, -0.15) is 8.42 Å². The first-order chi connectivity index (χ1) is 13.7. The maximum absolute atomic E-state index is 12.6. The van der Waals surface area contributed by atoms with E-state index in [0.717, 1.165) is 17.9 Å². The maximum atomic E-state index is 12.6. The molecule has 30 heavy (non-hydrogen) atoms. The first-order valence-electron chi connectivity index (χ1n) is 7.76. The second-order valence-electron chi connectivity index (χ2n) is 5.51. The number of nitro groups is 1. The third kappa shape index (κ3) is 4.37. The first-order valence-corrected chi connectivity index (χ1v) is 9.20. The molecule has 0 aliphatic carbocycles. The summed E-state index contributed by atoms with van der Waals surface area (Å²) in [5.41, 5.74) is -0.594. The largest absolute Gasteiger partial charge is 0.870 e. The number of hydrogen-bond acceptors (Lipinski definition) is 9. The summed E-state index contributed by atoms with van der Waals surface area (Å²) >= 11 is 0. The van der Waals surface area contributed by atoms with Gasteiger partial charge in [0.1, 0.15) is 9.99 Å². The minimum Gasteiger partial charge on any atom is -0.870 e. The molecule has 0 bridgehead atoms. The number of carbonyl (C=O) groups is 1. The number of carbonyl (C=O) groups excluding carboxylic acids is 1. The fourth-order valence-corrected chi connectivity index (χ4v) is 2.98. The van der Waals surface area contributed by atoms with Crippen LogP contribution in [0, 0.1) is 10.1 Å². The Morgan fingerprint density at radius 2 is 1.97 bits per heavy atom. The Balaban J connectivity index is 0.00000320. The van der Waals surface area contributed by atoms with E-state index in [4.69, 9.17) is 4.74 Å². The number of nitrogens with zero attached hydrogens (tertiary/aromatic N) is 4. The predicted molar refractivity (Wildman–Crippen MR) is 97.3 cm³/mol. The summed E-state index contributed by atoms with van der Waals surface area (Å²) in [7, 11) is -3.69. The number of tetrazole rings is 1. The number of para-hydroxylation sites is 1. The SMILES string of the molecule is COc1c([N+](=O)[O-])cc(S(=O)(=O)O)cc1-[n+]1[nH]nnc1C(=O)Nc1ccccc1.[OH-]. The van der Waals surface area contributed by atoms with Crippen molar-refractivity contribution in [2.75, 3.05) is 12.4 Å². The van der Waals surface area contributed by atoms with Gasteiger partial charge in [0.25, 0.3) is 10.1 Å². The van der Waals surface area contributed by atoms with Crippen molar-refractivity contribution in [2.24, 2.45) is 0 Å². The lowest BCUT2D eigenvalue weighted by Crippen LogP contribution is -2.41. The van der Waals surface area contributed by atoms with Crippen LogP contribution in [-0.2, 0) is 10.1 Å². The molecule has 0 atom stereocenters. The van der Waals surface area contributed by atoms with Gasteiger partial charge in [-0.3, -0.25) is 19.5 Å². The number of nitrogens with one attached hydrogen (secondary N) is 2. The molecule has 0 saturated heterocycles. The van der Waals surface area contributed by atoms with E-state index in [2.05, 4.69) is 20.8 Å². The lowest BCUT2D eigenvalue weighted by molar-refractivity contribution is -0.662. The van der Waals surface area contributed by atoms with Crippen molar-refractivity contribution < 1.29 is 37.6 Å². The number of rotatable bonds is 6. The summed E-state index contributed by atoms with van der Waals surface area (Å²) in [4.78, 5) is 22.3. The molecule has 2 aromatic carbocycles. The summed E-state index contributed by atoms with van der Waals surface area (Å²) in [5.74, 6) is -1.48. The van der Waals surface area contributed by atoms with Crippen molar-refractivity contribution in [1.29, 1.82) is 0 Å². The zero-order valence-electron chi connectivity index (χ0n) is 15.1. The molecule has 1 aromatic heterocycles. The topological polar surface area (TPSA) is 211 Å². The smallest absolute Gasteiger partial charge is 0.395 e. The number of H-pyrrole nitrogens is 1. The van der Waals surface area contributed by atoms with E-state index in [1.165, 1.54) is 0 Å². The number of benzene rings is 2. The van der Waals surface area contributed by atoms with Crippen molar-refractivity contribution in [2.45, 2.75) is 4.90 Å². The molecule has 0 unspecified atom stereocenters. The van der Waals surface area contributed by atoms with E-state index < -0.39 is 31.5 Å². The number of aromatic nitrogens is 4. The molecule has 3 rings (SSSR count). The molecular formula is C15H14N6O8S. The van der Waals surface area contributed by atoms with Crippen LogP contribution in [0.3, 0.4) is 0 Å². The maximum Gasteiger partial charge on any atom is 0.395 e. The number of aromatic amines is 1. The molecular weight excluding hydrogens is 424 g/mol. The third-order valence-corrected chi connectivity index (χ3v) is 4.53. The van der Waals surface area contributed by atoms with E-state index >= 15 is 0 Å². The molecule has 158 valence electrons. The zero-order valence-corrected chi connectivity index (χ0v) is 15.9. The van der Waals surface area contributed by atoms with Gasteiger partial charge in [0.05, 0.1) is 12.0 Å². The second kappa shape index (κ2) is 8.60. The van der Waals surface area contributed by atoms with Crippen molar-refractivity contribution in [3.8, 4) is 11.4 Å². The van der Waals surface area contributed by atoms with Crippen LogP contribution in [0.5, 0.6) is 5.75 Å². The lowest BCUT2D eigenvalue weighted by atomic mass is 10.2. The average Bonchev–Trinajstić information content (AvgIpc) is 3.16. The zero-order chi connectivity index (χ0) is 21.2. The van der Waals surface area contributed by atoms with Crippen LogP contribution in [0.4, 0.5) is 11.4 Å². The van der Waals surface area contributed by atoms with E-state index in [0.29, 0.717) is 11.8 Å². The van der Waals surface area contributed by atoms with Crippen LogP contribution >= 0.6 is 0 Å². The van der Waals surface area contributed by atoms with Gasteiger partial charge in [-0.15, -0.1) is 4.68 Å². The molecule has 0 spiro atoms.